The second kappa shape index (κ2) is 5.26. The van der Waals surface area contributed by atoms with Crippen LogP contribution in [0.15, 0.2) is 41.6 Å². The Balaban J connectivity index is 2.22. The molecule has 0 spiro atoms. The lowest BCUT2D eigenvalue weighted by Gasteiger charge is -2.08. The highest BCUT2D eigenvalue weighted by molar-refractivity contribution is 7.89. The van der Waals surface area contributed by atoms with Crippen molar-refractivity contribution in [3.05, 3.63) is 53.3 Å². The Morgan fingerprint density at radius 2 is 2.16 bits per heavy atom. The average Bonchev–Trinajstić information content (AvgIpc) is 2.89. The number of hydrogen-bond acceptors (Lipinski definition) is 3. The summed E-state index contributed by atoms with van der Waals surface area (Å²) in [5.74, 6) is 0. The lowest BCUT2D eigenvalue weighted by atomic mass is 10.2. The molecule has 0 unspecified atom stereocenters. The van der Waals surface area contributed by atoms with Crippen molar-refractivity contribution in [1.82, 2.24) is 9.71 Å². The summed E-state index contributed by atoms with van der Waals surface area (Å²) in [5.41, 5.74) is 1.86. The minimum absolute atomic E-state index is 0.196. The zero-order valence-corrected chi connectivity index (χ0v) is 11.2. The molecule has 0 atom stereocenters. The van der Waals surface area contributed by atoms with E-state index in [1.165, 1.54) is 12.1 Å². The van der Waals surface area contributed by atoms with Crippen LogP contribution in [0, 0.1) is 18.3 Å². The fourth-order valence-corrected chi connectivity index (χ4v) is 2.99. The van der Waals surface area contributed by atoms with Gasteiger partial charge in [-0.1, -0.05) is 0 Å². The maximum Gasteiger partial charge on any atom is 0.241 e. The smallest absolute Gasteiger partial charge is 0.241 e. The number of nitrogens with zero attached hydrogens (tertiary/aromatic N) is 1. The summed E-state index contributed by atoms with van der Waals surface area (Å²) >= 11 is 0. The molecular formula is C13H13N3O2S. The van der Waals surface area contributed by atoms with Gasteiger partial charge in [-0.05, 0) is 42.3 Å². The summed E-state index contributed by atoms with van der Waals surface area (Å²) in [6.07, 6.45) is 3.46. The Kier molecular flexibility index (Phi) is 3.69. The molecule has 2 N–H and O–H groups in total. The first-order valence-corrected chi connectivity index (χ1v) is 7.13. The number of aromatic amines is 1. The van der Waals surface area contributed by atoms with E-state index in [4.69, 9.17) is 5.26 Å². The summed E-state index contributed by atoms with van der Waals surface area (Å²) in [5, 5.41) is 8.77. The van der Waals surface area contributed by atoms with Crippen molar-refractivity contribution in [2.75, 3.05) is 0 Å². The van der Waals surface area contributed by atoms with Gasteiger partial charge < -0.3 is 4.98 Å². The summed E-state index contributed by atoms with van der Waals surface area (Å²) in [7, 11) is -3.57. The third kappa shape index (κ3) is 3.02. The van der Waals surface area contributed by atoms with E-state index in [9.17, 15) is 8.42 Å². The van der Waals surface area contributed by atoms with Crippen molar-refractivity contribution in [3.8, 4) is 6.07 Å². The SMILES string of the molecule is Cc1cc(C#N)ccc1S(=O)(=O)NCc1cc[nH]c1. The molecular weight excluding hydrogens is 262 g/mol. The minimum Gasteiger partial charge on any atom is -0.367 e. The highest BCUT2D eigenvalue weighted by Crippen LogP contribution is 2.16. The van der Waals surface area contributed by atoms with E-state index >= 15 is 0 Å². The lowest BCUT2D eigenvalue weighted by molar-refractivity contribution is 0.580. The second-order valence-electron chi connectivity index (χ2n) is 4.14. The van der Waals surface area contributed by atoms with E-state index in [-0.39, 0.29) is 11.4 Å². The van der Waals surface area contributed by atoms with Crippen LogP contribution < -0.4 is 4.72 Å². The van der Waals surface area contributed by atoms with Crippen LogP contribution in [-0.2, 0) is 16.6 Å². The minimum atomic E-state index is -3.57. The molecule has 98 valence electrons. The molecule has 0 aliphatic carbocycles. The van der Waals surface area contributed by atoms with Crippen molar-refractivity contribution in [2.45, 2.75) is 18.4 Å². The molecule has 0 fully saturated rings. The van der Waals surface area contributed by atoms with Crippen LogP contribution in [0.25, 0.3) is 0 Å². The van der Waals surface area contributed by atoms with Gasteiger partial charge in [0.1, 0.15) is 0 Å². The van der Waals surface area contributed by atoms with Crippen LogP contribution in [0.3, 0.4) is 0 Å². The molecule has 2 rings (SSSR count). The number of aromatic nitrogens is 1. The van der Waals surface area contributed by atoms with E-state index in [1.54, 1.807) is 31.5 Å². The fourth-order valence-electron chi connectivity index (χ4n) is 1.74. The summed E-state index contributed by atoms with van der Waals surface area (Å²) in [4.78, 5) is 3.06. The zero-order chi connectivity index (χ0) is 13.9. The molecule has 19 heavy (non-hydrogen) atoms. The predicted molar refractivity (Wildman–Crippen MR) is 70.7 cm³/mol. The number of nitrogens with one attached hydrogen (secondary N) is 2. The topological polar surface area (TPSA) is 85.8 Å². The normalized spacial score (nSPS) is 11.2. The molecule has 0 amide bonds. The zero-order valence-electron chi connectivity index (χ0n) is 10.3. The number of aryl methyl sites for hydroxylation is 1. The van der Waals surface area contributed by atoms with Gasteiger partial charge in [0.15, 0.2) is 0 Å². The van der Waals surface area contributed by atoms with Crippen LogP contribution in [0.1, 0.15) is 16.7 Å². The van der Waals surface area contributed by atoms with Gasteiger partial charge in [0.05, 0.1) is 16.5 Å². The van der Waals surface area contributed by atoms with Gasteiger partial charge in [-0.15, -0.1) is 0 Å². The molecule has 0 saturated carbocycles. The molecule has 5 nitrogen and oxygen atoms in total. The monoisotopic (exact) mass is 275 g/mol. The molecule has 6 heteroatoms. The third-order valence-electron chi connectivity index (χ3n) is 2.72. The number of nitriles is 1. The van der Waals surface area contributed by atoms with E-state index in [2.05, 4.69) is 9.71 Å². The Morgan fingerprint density at radius 3 is 2.74 bits per heavy atom. The summed E-state index contributed by atoms with van der Waals surface area (Å²) in [6, 6.07) is 8.29. The molecule has 1 aromatic heterocycles. The number of rotatable bonds is 4. The first kappa shape index (κ1) is 13.3. The van der Waals surface area contributed by atoms with Gasteiger partial charge in [-0.25, -0.2) is 13.1 Å². The molecule has 0 saturated heterocycles. The second-order valence-corrected chi connectivity index (χ2v) is 5.87. The van der Waals surface area contributed by atoms with E-state index in [0.29, 0.717) is 11.1 Å². The molecule has 1 heterocycles. The van der Waals surface area contributed by atoms with E-state index in [1.807, 2.05) is 6.07 Å². The van der Waals surface area contributed by atoms with Crippen LogP contribution in [0.4, 0.5) is 0 Å². The van der Waals surface area contributed by atoms with Crippen molar-refractivity contribution >= 4 is 10.0 Å². The first-order valence-electron chi connectivity index (χ1n) is 5.65. The van der Waals surface area contributed by atoms with Crippen molar-refractivity contribution in [1.29, 1.82) is 5.26 Å². The average molecular weight is 275 g/mol. The van der Waals surface area contributed by atoms with Crippen molar-refractivity contribution in [3.63, 3.8) is 0 Å². The molecule has 0 aliphatic rings. The maximum absolute atomic E-state index is 12.1. The van der Waals surface area contributed by atoms with Crippen molar-refractivity contribution < 1.29 is 8.42 Å². The van der Waals surface area contributed by atoms with Gasteiger partial charge in [0, 0.05) is 18.9 Å². The van der Waals surface area contributed by atoms with E-state index < -0.39 is 10.0 Å². The number of benzene rings is 1. The Bertz CT molecular complexity index is 713. The van der Waals surface area contributed by atoms with Gasteiger partial charge in [-0.3, -0.25) is 0 Å². The summed E-state index contributed by atoms with van der Waals surface area (Å²) in [6.45, 7) is 1.90. The van der Waals surface area contributed by atoms with Gasteiger partial charge in [0.2, 0.25) is 10.0 Å². The predicted octanol–water partition coefficient (Wildman–Crippen LogP) is 1.67. The number of H-pyrrole nitrogens is 1. The molecule has 0 radical (unpaired) electrons. The standard InChI is InChI=1S/C13H13N3O2S/c1-10-6-11(7-14)2-3-13(10)19(17,18)16-9-12-4-5-15-8-12/h2-6,8,15-16H,9H2,1H3. The summed E-state index contributed by atoms with van der Waals surface area (Å²) < 4.78 is 26.8. The number of hydrogen-bond donors (Lipinski definition) is 2. The van der Waals surface area contributed by atoms with Crippen molar-refractivity contribution in [2.24, 2.45) is 0 Å². The Morgan fingerprint density at radius 1 is 1.37 bits per heavy atom. The van der Waals surface area contributed by atoms with Crippen LogP contribution >= 0.6 is 0 Å². The fraction of sp³-hybridized carbons (Fsp3) is 0.154. The number of sulfonamides is 1. The molecule has 2 aromatic rings. The highest BCUT2D eigenvalue weighted by Gasteiger charge is 2.16. The highest BCUT2D eigenvalue weighted by atomic mass is 32.2. The van der Waals surface area contributed by atoms with Gasteiger partial charge in [-0.2, -0.15) is 5.26 Å². The third-order valence-corrected chi connectivity index (χ3v) is 4.28. The Hall–Kier alpha value is -2.10. The Labute approximate surface area is 111 Å². The largest absolute Gasteiger partial charge is 0.367 e. The van der Waals surface area contributed by atoms with E-state index in [0.717, 1.165) is 5.56 Å². The molecule has 1 aromatic carbocycles. The maximum atomic E-state index is 12.1. The first-order chi connectivity index (χ1) is 9.03. The van der Waals surface area contributed by atoms with Crippen LogP contribution in [0.5, 0.6) is 0 Å². The molecule has 0 aliphatic heterocycles. The van der Waals surface area contributed by atoms with Crippen LogP contribution in [-0.4, -0.2) is 13.4 Å². The van der Waals surface area contributed by atoms with Gasteiger partial charge in [0.25, 0.3) is 0 Å². The van der Waals surface area contributed by atoms with Gasteiger partial charge >= 0.3 is 0 Å². The molecule has 0 bridgehead atoms. The quantitative estimate of drug-likeness (QED) is 0.890. The lowest BCUT2D eigenvalue weighted by Crippen LogP contribution is -2.23. The van der Waals surface area contributed by atoms with Crippen LogP contribution in [0.2, 0.25) is 0 Å².